The lowest BCUT2D eigenvalue weighted by molar-refractivity contribution is 0.416. The number of benzene rings is 2. The molecule has 0 amide bonds. The third kappa shape index (κ3) is 2.60. The monoisotopic (exact) mass is 304 g/mol. The van der Waals surface area contributed by atoms with Gasteiger partial charge in [-0.1, -0.05) is 66.9 Å². The van der Waals surface area contributed by atoms with E-state index in [1.165, 1.54) is 36.0 Å². The molecule has 20 heavy (non-hydrogen) atoms. The zero-order valence-corrected chi connectivity index (χ0v) is 13.1. The summed E-state index contributed by atoms with van der Waals surface area (Å²) in [5.41, 5.74) is 4.22. The van der Waals surface area contributed by atoms with Crippen molar-refractivity contribution in [1.82, 2.24) is 0 Å². The van der Waals surface area contributed by atoms with E-state index in [1.54, 1.807) is 0 Å². The molecule has 2 heteroatoms. The van der Waals surface area contributed by atoms with E-state index in [9.17, 15) is 0 Å². The van der Waals surface area contributed by atoms with Crippen molar-refractivity contribution in [3.05, 3.63) is 69.2 Å². The molecule has 2 aromatic rings. The van der Waals surface area contributed by atoms with Crippen LogP contribution in [0.1, 0.15) is 42.4 Å². The third-order valence-corrected chi connectivity index (χ3v) is 5.17. The summed E-state index contributed by atoms with van der Waals surface area (Å²) < 4.78 is 0. The third-order valence-electron chi connectivity index (χ3n) is 4.43. The maximum atomic E-state index is 6.20. The predicted octanol–water partition coefficient (Wildman–Crippen LogP) is 6.10. The van der Waals surface area contributed by atoms with Crippen molar-refractivity contribution in [2.24, 2.45) is 5.92 Å². The van der Waals surface area contributed by atoms with Gasteiger partial charge < -0.3 is 0 Å². The molecule has 0 spiro atoms. The Morgan fingerprint density at radius 3 is 2.60 bits per heavy atom. The Kier molecular flexibility index (Phi) is 4.05. The smallest absolute Gasteiger partial charge is 0.0595 e. The normalized spacial score (nSPS) is 21.6. The highest BCUT2D eigenvalue weighted by molar-refractivity contribution is 6.42. The average Bonchev–Trinajstić information content (AvgIpc) is 2.49. The molecule has 1 aliphatic rings. The SMILES string of the molecule is CC[C@@H]1Cc2ccccc2[C@H](c2ccc(Cl)c(Cl)c2)C1. The van der Waals surface area contributed by atoms with Crippen molar-refractivity contribution in [2.75, 3.05) is 0 Å². The van der Waals surface area contributed by atoms with Gasteiger partial charge in [-0.05, 0) is 47.6 Å². The van der Waals surface area contributed by atoms with Crippen LogP contribution in [-0.2, 0) is 6.42 Å². The van der Waals surface area contributed by atoms with E-state index in [2.05, 4.69) is 37.3 Å². The minimum absolute atomic E-state index is 0.444. The molecular weight excluding hydrogens is 287 g/mol. The van der Waals surface area contributed by atoms with Crippen LogP contribution in [0, 0.1) is 5.92 Å². The molecule has 0 N–H and O–H groups in total. The fourth-order valence-corrected chi connectivity index (χ4v) is 3.58. The van der Waals surface area contributed by atoms with Gasteiger partial charge in [0.05, 0.1) is 10.0 Å². The molecule has 0 heterocycles. The van der Waals surface area contributed by atoms with Crippen LogP contribution in [-0.4, -0.2) is 0 Å². The fraction of sp³-hybridized carbons (Fsp3) is 0.333. The molecule has 0 bridgehead atoms. The summed E-state index contributed by atoms with van der Waals surface area (Å²) >= 11 is 12.2. The Balaban J connectivity index is 2.05. The van der Waals surface area contributed by atoms with Gasteiger partial charge in [-0.3, -0.25) is 0 Å². The van der Waals surface area contributed by atoms with Gasteiger partial charge in [-0.15, -0.1) is 0 Å². The molecule has 104 valence electrons. The number of hydrogen-bond acceptors (Lipinski definition) is 0. The Morgan fingerprint density at radius 2 is 1.85 bits per heavy atom. The van der Waals surface area contributed by atoms with Gasteiger partial charge in [0.25, 0.3) is 0 Å². The Labute approximate surface area is 130 Å². The quantitative estimate of drug-likeness (QED) is 0.629. The minimum Gasteiger partial charge on any atom is -0.0827 e. The van der Waals surface area contributed by atoms with Crippen molar-refractivity contribution in [3.8, 4) is 0 Å². The molecule has 0 saturated carbocycles. The largest absolute Gasteiger partial charge is 0.0827 e. The number of halogens is 2. The molecule has 0 aliphatic heterocycles. The number of hydrogen-bond donors (Lipinski definition) is 0. The van der Waals surface area contributed by atoms with E-state index in [1.807, 2.05) is 12.1 Å². The Bertz CT molecular complexity index is 619. The second-order valence-corrected chi connectivity index (χ2v) is 6.45. The van der Waals surface area contributed by atoms with Crippen LogP contribution in [0.2, 0.25) is 10.0 Å². The molecule has 0 saturated heterocycles. The average molecular weight is 305 g/mol. The second kappa shape index (κ2) is 5.79. The van der Waals surface area contributed by atoms with Crippen LogP contribution in [0.15, 0.2) is 42.5 Å². The molecule has 3 rings (SSSR count). The van der Waals surface area contributed by atoms with Gasteiger partial charge in [-0.2, -0.15) is 0 Å². The van der Waals surface area contributed by atoms with E-state index in [0.717, 1.165) is 5.92 Å². The number of fused-ring (bicyclic) bond motifs is 1. The van der Waals surface area contributed by atoms with E-state index in [0.29, 0.717) is 16.0 Å². The van der Waals surface area contributed by atoms with Crippen molar-refractivity contribution >= 4 is 23.2 Å². The molecule has 0 unspecified atom stereocenters. The first-order valence-corrected chi connectivity index (χ1v) is 7.97. The van der Waals surface area contributed by atoms with E-state index in [-0.39, 0.29) is 0 Å². The van der Waals surface area contributed by atoms with Crippen LogP contribution in [0.4, 0.5) is 0 Å². The zero-order valence-electron chi connectivity index (χ0n) is 11.6. The zero-order chi connectivity index (χ0) is 14.1. The van der Waals surface area contributed by atoms with Crippen molar-refractivity contribution < 1.29 is 0 Å². The van der Waals surface area contributed by atoms with E-state index in [4.69, 9.17) is 23.2 Å². The highest BCUT2D eigenvalue weighted by Crippen LogP contribution is 2.41. The van der Waals surface area contributed by atoms with Crippen LogP contribution in [0.5, 0.6) is 0 Å². The van der Waals surface area contributed by atoms with Gasteiger partial charge in [0.1, 0.15) is 0 Å². The summed E-state index contributed by atoms with van der Waals surface area (Å²) in [6.07, 6.45) is 3.63. The summed E-state index contributed by atoms with van der Waals surface area (Å²) in [6, 6.07) is 14.9. The van der Waals surface area contributed by atoms with Crippen molar-refractivity contribution in [2.45, 2.75) is 32.1 Å². The molecule has 0 radical (unpaired) electrons. The second-order valence-electron chi connectivity index (χ2n) is 5.64. The van der Waals surface area contributed by atoms with Gasteiger partial charge in [-0.25, -0.2) is 0 Å². The van der Waals surface area contributed by atoms with Crippen LogP contribution < -0.4 is 0 Å². The summed E-state index contributed by atoms with van der Waals surface area (Å²) in [4.78, 5) is 0. The molecular formula is C18H18Cl2. The van der Waals surface area contributed by atoms with Crippen molar-refractivity contribution in [3.63, 3.8) is 0 Å². The summed E-state index contributed by atoms with van der Waals surface area (Å²) in [6.45, 7) is 2.28. The van der Waals surface area contributed by atoms with Crippen LogP contribution in [0.3, 0.4) is 0 Å². The Morgan fingerprint density at radius 1 is 1.05 bits per heavy atom. The lowest BCUT2D eigenvalue weighted by Gasteiger charge is -2.31. The molecule has 2 atom stereocenters. The minimum atomic E-state index is 0.444. The predicted molar refractivity (Wildman–Crippen MR) is 86.8 cm³/mol. The molecule has 0 nitrogen and oxygen atoms in total. The Hall–Kier alpha value is -0.980. The molecule has 0 fully saturated rings. The maximum absolute atomic E-state index is 6.20. The van der Waals surface area contributed by atoms with Gasteiger partial charge >= 0.3 is 0 Å². The first-order valence-electron chi connectivity index (χ1n) is 7.21. The van der Waals surface area contributed by atoms with Crippen molar-refractivity contribution in [1.29, 1.82) is 0 Å². The van der Waals surface area contributed by atoms with Crippen LogP contribution >= 0.6 is 23.2 Å². The van der Waals surface area contributed by atoms with E-state index < -0.39 is 0 Å². The molecule has 0 aromatic heterocycles. The highest BCUT2D eigenvalue weighted by atomic mass is 35.5. The lowest BCUT2D eigenvalue weighted by atomic mass is 9.73. The van der Waals surface area contributed by atoms with Gasteiger partial charge in [0.2, 0.25) is 0 Å². The summed E-state index contributed by atoms with van der Waals surface area (Å²) in [5, 5.41) is 1.28. The first kappa shape index (κ1) is 14.0. The highest BCUT2D eigenvalue weighted by Gasteiger charge is 2.27. The molecule has 2 aromatic carbocycles. The molecule has 1 aliphatic carbocycles. The number of rotatable bonds is 2. The van der Waals surface area contributed by atoms with Gasteiger partial charge in [0.15, 0.2) is 0 Å². The van der Waals surface area contributed by atoms with Crippen LogP contribution in [0.25, 0.3) is 0 Å². The maximum Gasteiger partial charge on any atom is 0.0595 e. The standard InChI is InChI=1S/C18H18Cl2/c1-2-12-9-13-5-3-4-6-15(13)16(10-12)14-7-8-17(19)18(20)11-14/h3-8,11-12,16H,2,9-10H2,1H3/t12-,16+/m1/s1. The fourth-order valence-electron chi connectivity index (χ4n) is 3.27. The van der Waals surface area contributed by atoms with E-state index >= 15 is 0 Å². The summed E-state index contributed by atoms with van der Waals surface area (Å²) in [7, 11) is 0. The topological polar surface area (TPSA) is 0 Å². The first-order chi connectivity index (χ1) is 9.69. The summed E-state index contributed by atoms with van der Waals surface area (Å²) in [5.74, 6) is 1.20. The lowest BCUT2D eigenvalue weighted by Crippen LogP contribution is -2.19. The van der Waals surface area contributed by atoms with Gasteiger partial charge in [0, 0.05) is 5.92 Å².